The summed E-state index contributed by atoms with van der Waals surface area (Å²) in [5, 5.41) is 29.6. The first-order valence-corrected chi connectivity index (χ1v) is 13.3. The summed E-state index contributed by atoms with van der Waals surface area (Å²) in [5.74, 6) is 0. The molecule has 4 N–H and O–H groups in total. The number of nitrogens with one attached hydrogen (secondary N) is 4. The van der Waals surface area contributed by atoms with Crippen LogP contribution >= 0.6 is 11.6 Å². The van der Waals surface area contributed by atoms with Gasteiger partial charge in [0.2, 0.25) is 0 Å². The second-order valence-electron chi connectivity index (χ2n) is 11.4. The Balaban J connectivity index is 1.64. The number of benzene rings is 2. The number of hydrazine groups is 2. The number of hydrogen-bond donors (Lipinski definition) is 4. The molecule has 0 saturated heterocycles. The van der Waals surface area contributed by atoms with Crippen molar-refractivity contribution in [3.8, 4) is 12.1 Å². The Morgan fingerprint density at radius 3 is 2.59 bits per heavy atom. The molecule has 1 aliphatic heterocycles. The molecule has 2 radical (unpaired) electrons. The van der Waals surface area contributed by atoms with Crippen LogP contribution in [0.25, 0.3) is 10.9 Å². The lowest BCUT2D eigenvalue weighted by Gasteiger charge is -2.36. The van der Waals surface area contributed by atoms with E-state index >= 15 is 0 Å². The van der Waals surface area contributed by atoms with Crippen molar-refractivity contribution in [2.24, 2.45) is 5.41 Å². The largest absolute Gasteiger partial charge is 0.383 e. The number of hydrogen-bond acceptors (Lipinski definition) is 8. The zero-order valence-electron chi connectivity index (χ0n) is 22.5. The van der Waals surface area contributed by atoms with Crippen LogP contribution in [0.3, 0.4) is 0 Å². The van der Waals surface area contributed by atoms with Gasteiger partial charge in [0.05, 0.1) is 44.6 Å². The fourth-order valence-corrected chi connectivity index (χ4v) is 5.00. The first kappa shape index (κ1) is 26.7. The molecule has 1 atom stereocenters. The lowest BCUT2D eigenvalue weighted by atomic mass is 9.67. The number of pyridine rings is 1. The second kappa shape index (κ2) is 10.00. The standard InChI is InChI=1S/C29H30BClN8/c1-17-18(12-32)6-5-7-23(17)29(30,25-15-39(38-37-25)21-8-9-21)36-20-10-22-26(35-16-28(2,3)4)19(13-33)14-34-27(22)24(31)11-20/h5-7,10-11,14-15,21,36-38H,8-9,16H2,1-4H3,(H,34,35). The van der Waals surface area contributed by atoms with Crippen LogP contribution in [-0.2, 0) is 5.44 Å². The van der Waals surface area contributed by atoms with E-state index in [1.54, 1.807) is 18.3 Å². The van der Waals surface area contributed by atoms with Crippen molar-refractivity contribution >= 4 is 41.7 Å². The summed E-state index contributed by atoms with van der Waals surface area (Å²) in [5.41, 5.74) is 10.3. The van der Waals surface area contributed by atoms with Crippen LogP contribution in [0.4, 0.5) is 11.4 Å². The average Bonchev–Trinajstić information content (AvgIpc) is 3.62. The number of aromatic nitrogens is 1. The molecule has 1 aliphatic carbocycles. The van der Waals surface area contributed by atoms with Crippen molar-refractivity contribution in [3.05, 3.63) is 75.7 Å². The number of halogens is 1. The van der Waals surface area contributed by atoms with Crippen LogP contribution in [-0.4, -0.2) is 30.4 Å². The highest BCUT2D eigenvalue weighted by Gasteiger charge is 2.38. The summed E-state index contributed by atoms with van der Waals surface area (Å²) in [7, 11) is 7.22. The van der Waals surface area contributed by atoms with E-state index in [0.717, 1.165) is 24.0 Å². The van der Waals surface area contributed by atoms with Gasteiger partial charge in [0, 0.05) is 36.1 Å². The maximum atomic E-state index is 9.83. The number of anilines is 2. The third-order valence-electron chi connectivity index (χ3n) is 7.01. The molecule has 39 heavy (non-hydrogen) atoms. The zero-order valence-corrected chi connectivity index (χ0v) is 23.2. The smallest absolute Gasteiger partial charge is 0.119 e. The number of rotatable bonds is 7. The summed E-state index contributed by atoms with van der Waals surface area (Å²) in [6.07, 6.45) is 5.72. The Bertz CT molecular complexity index is 1560. The van der Waals surface area contributed by atoms with E-state index in [4.69, 9.17) is 19.4 Å². The van der Waals surface area contributed by atoms with E-state index in [1.807, 2.05) is 36.3 Å². The van der Waals surface area contributed by atoms with Gasteiger partial charge in [0.25, 0.3) is 0 Å². The van der Waals surface area contributed by atoms with Crippen LogP contribution < -0.4 is 21.6 Å². The van der Waals surface area contributed by atoms with Gasteiger partial charge < -0.3 is 16.1 Å². The third kappa shape index (κ3) is 5.21. The van der Waals surface area contributed by atoms with Crippen molar-refractivity contribution in [1.29, 1.82) is 10.5 Å². The molecule has 1 unspecified atom stereocenters. The quantitative estimate of drug-likeness (QED) is 0.306. The van der Waals surface area contributed by atoms with Crippen LogP contribution in [0.5, 0.6) is 0 Å². The Morgan fingerprint density at radius 1 is 1.18 bits per heavy atom. The fourth-order valence-electron chi connectivity index (χ4n) is 4.73. The highest BCUT2D eigenvalue weighted by molar-refractivity contribution is 6.36. The Hall–Kier alpha value is -3.92. The van der Waals surface area contributed by atoms with Crippen molar-refractivity contribution in [3.63, 3.8) is 0 Å². The van der Waals surface area contributed by atoms with Crippen LogP contribution in [0, 0.1) is 35.0 Å². The van der Waals surface area contributed by atoms with E-state index in [2.05, 4.69) is 59.5 Å². The number of fused-ring (bicyclic) bond motifs is 1. The monoisotopic (exact) mass is 536 g/mol. The van der Waals surface area contributed by atoms with Gasteiger partial charge in [-0.2, -0.15) is 10.5 Å². The van der Waals surface area contributed by atoms with E-state index in [0.29, 0.717) is 56.7 Å². The maximum Gasteiger partial charge on any atom is 0.119 e. The first-order chi connectivity index (χ1) is 18.5. The normalized spacial score (nSPS) is 16.6. The second-order valence-corrected chi connectivity index (χ2v) is 11.8. The first-order valence-electron chi connectivity index (χ1n) is 12.9. The van der Waals surface area contributed by atoms with E-state index in [-0.39, 0.29) is 5.41 Å². The molecule has 196 valence electrons. The van der Waals surface area contributed by atoms with E-state index < -0.39 is 5.44 Å². The van der Waals surface area contributed by atoms with Crippen molar-refractivity contribution in [1.82, 2.24) is 21.0 Å². The maximum absolute atomic E-state index is 9.83. The molecule has 2 aliphatic rings. The molecule has 0 amide bonds. The molecule has 0 bridgehead atoms. The molecular formula is C29H30BClN8. The molecule has 5 rings (SSSR count). The fraction of sp³-hybridized carbons (Fsp3) is 0.345. The molecule has 2 aromatic carbocycles. The zero-order chi connectivity index (χ0) is 27.9. The molecule has 3 aromatic rings. The van der Waals surface area contributed by atoms with Crippen LogP contribution in [0.15, 0.2) is 48.4 Å². The minimum absolute atomic E-state index is 0.0152. The predicted molar refractivity (Wildman–Crippen MR) is 156 cm³/mol. The van der Waals surface area contributed by atoms with E-state index in [9.17, 15) is 10.5 Å². The topological polar surface area (TPSA) is 112 Å². The summed E-state index contributed by atoms with van der Waals surface area (Å²) in [6.45, 7) is 8.91. The Morgan fingerprint density at radius 2 is 1.92 bits per heavy atom. The molecule has 1 aromatic heterocycles. The van der Waals surface area contributed by atoms with Crippen molar-refractivity contribution in [2.45, 2.75) is 52.0 Å². The van der Waals surface area contributed by atoms with Gasteiger partial charge in [-0.3, -0.25) is 9.99 Å². The van der Waals surface area contributed by atoms with Gasteiger partial charge >= 0.3 is 0 Å². The molecule has 1 saturated carbocycles. The van der Waals surface area contributed by atoms with Gasteiger partial charge in [-0.15, -0.1) is 5.53 Å². The van der Waals surface area contributed by atoms with Gasteiger partial charge in [0.1, 0.15) is 13.9 Å². The summed E-state index contributed by atoms with van der Waals surface area (Å²) in [4.78, 5) is 4.47. The lowest BCUT2D eigenvalue weighted by molar-refractivity contribution is 0.260. The van der Waals surface area contributed by atoms with Crippen LogP contribution in [0.2, 0.25) is 5.02 Å². The number of nitriles is 2. The van der Waals surface area contributed by atoms with Gasteiger partial charge in [-0.25, -0.2) is 0 Å². The lowest BCUT2D eigenvalue weighted by Crippen LogP contribution is -2.46. The summed E-state index contributed by atoms with van der Waals surface area (Å²) >= 11 is 6.76. The number of nitrogens with zero attached hydrogens (tertiary/aromatic N) is 4. The Kier molecular flexibility index (Phi) is 6.84. The highest BCUT2D eigenvalue weighted by Crippen LogP contribution is 2.39. The molecule has 2 heterocycles. The van der Waals surface area contributed by atoms with Crippen LogP contribution in [0.1, 0.15) is 55.9 Å². The third-order valence-corrected chi connectivity index (χ3v) is 7.30. The molecule has 8 nitrogen and oxygen atoms in total. The molecule has 1 fully saturated rings. The van der Waals surface area contributed by atoms with Crippen molar-refractivity contribution in [2.75, 3.05) is 17.2 Å². The molecule has 10 heteroatoms. The molecular weight excluding hydrogens is 507 g/mol. The predicted octanol–water partition coefficient (Wildman–Crippen LogP) is 5.16. The van der Waals surface area contributed by atoms with Gasteiger partial charge in [-0.1, -0.05) is 44.5 Å². The van der Waals surface area contributed by atoms with Gasteiger partial charge in [-0.05, 0) is 54.5 Å². The summed E-state index contributed by atoms with van der Waals surface area (Å²) in [6, 6.07) is 14.1. The highest BCUT2D eigenvalue weighted by atomic mass is 35.5. The summed E-state index contributed by atoms with van der Waals surface area (Å²) < 4.78 is 0. The van der Waals surface area contributed by atoms with Crippen molar-refractivity contribution < 1.29 is 0 Å². The van der Waals surface area contributed by atoms with Gasteiger partial charge in [0.15, 0.2) is 0 Å². The Labute approximate surface area is 235 Å². The minimum atomic E-state index is -1.25. The SMILES string of the molecule is [B]C(Nc1cc(Cl)c2ncc(C#N)c(NCC(C)(C)C)c2c1)(C1=CN(C2CC2)NN1)c1cccc(C#N)c1C. The molecule has 0 spiro atoms. The average molecular weight is 537 g/mol. The van der Waals surface area contributed by atoms with E-state index in [1.165, 1.54) is 0 Å². The minimum Gasteiger partial charge on any atom is -0.383 e.